The zero-order chi connectivity index (χ0) is 22.5. The molecule has 0 radical (unpaired) electrons. The number of rotatable bonds is 4. The van der Waals surface area contributed by atoms with Crippen molar-refractivity contribution in [3.8, 4) is 0 Å². The zero-order valence-corrected chi connectivity index (χ0v) is 19.3. The van der Waals surface area contributed by atoms with Crippen LogP contribution in [0.15, 0.2) is 65.0 Å². The van der Waals surface area contributed by atoms with Gasteiger partial charge in [-0.05, 0) is 41.2 Å². The lowest BCUT2D eigenvalue weighted by atomic mass is 9.73. The van der Waals surface area contributed by atoms with E-state index in [0.717, 1.165) is 17.7 Å². The molecule has 8 heteroatoms. The average molecular weight is 469 g/mol. The van der Waals surface area contributed by atoms with Crippen LogP contribution in [0.5, 0.6) is 0 Å². The Balaban J connectivity index is 1.54. The quantitative estimate of drug-likeness (QED) is 0.474. The summed E-state index contributed by atoms with van der Waals surface area (Å²) in [5, 5.41) is 9.31. The Hall–Kier alpha value is -2.64. The summed E-state index contributed by atoms with van der Waals surface area (Å²) in [5.41, 5.74) is 3.02. The molecule has 0 spiro atoms. The molecule has 3 aromatic rings. The minimum atomic E-state index is -0.511. The Morgan fingerprint density at radius 3 is 2.81 bits per heavy atom. The number of ketones is 1. The second-order valence-electron chi connectivity index (χ2n) is 8.96. The van der Waals surface area contributed by atoms with Gasteiger partial charge in [-0.15, -0.1) is 5.10 Å². The third-order valence-corrected chi connectivity index (χ3v) is 7.05. The van der Waals surface area contributed by atoms with Gasteiger partial charge in [0.15, 0.2) is 5.78 Å². The molecule has 0 saturated heterocycles. The lowest BCUT2D eigenvalue weighted by molar-refractivity contribution is -0.118. The number of benzene rings is 2. The van der Waals surface area contributed by atoms with Crippen molar-refractivity contribution in [2.75, 3.05) is 5.32 Å². The Morgan fingerprint density at radius 2 is 2.03 bits per heavy atom. The van der Waals surface area contributed by atoms with E-state index in [4.69, 9.17) is 16.7 Å². The summed E-state index contributed by atoms with van der Waals surface area (Å²) in [5.74, 6) is 0.892. The number of allylic oxidation sites excluding steroid dienone is 2. The second kappa shape index (κ2) is 8.05. The van der Waals surface area contributed by atoms with Crippen LogP contribution < -0.4 is 5.32 Å². The van der Waals surface area contributed by atoms with E-state index in [1.54, 1.807) is 10.7 Å². The number of hydrogen-bond donors (Lipinski definition) is 1. The van der Waals surface area contributed by atoms with Crippen LogP contribution in [0.3, 0.4) is 0 Å². The first-order valence-electron chi connectivity index (χ1n) is 10.4. The van der Waals surface area contributed by atoms with Gasteiger partial charge >= 0.3 is 0 Å². The molecule has 0 fully saturated rings. The van der Waals surface area contributed by atoms with E-state index >= 15 is 0 Å². The molecule has 2 heterocycles. The lowest BCUT2D eigenvalue weighted by Gasteiger charge is -2.38. The van der Waals surface area contributed by atoms with Crippen LogP contribution in [0.4, 0.5) is 10.3 Å². The summed E-state index contributed by atoms with van der Waals surface area (Å²) in [4.78, 5) is 17.9. The van der Waals surface area contributed by atoms with Crippen LogP contribution in [0.1, 0.15) is 43.9 Å². The summed E-state index contributed by atoms with van der Waals surface area (Å²) in [7, 11) is 0. The molecule has 5 rings (SSSR count). The van der Waals surface area contributed by atoms with Crippen molar-refractivity contribution in [1.82, 2.24) is 14.8 Å². The van der Waals surface area contributed by atoms with Crippen molar-refractivity contribution in [2.24, 2.45) is 5.41 Å². The monoisotopic (exact) mass is 468 g/mol. The molecule has 1 atom stereocenters. The summed E-state index contributed by atoms with van der Waals surface area (Å²) in [6.45, 7) is 4.16. The first kappa shape index (κ1) is 21.2. The first-order chi connectivity index (χ1) is 15.3. The number of anilines is 1. The Labute approximate surface area is 195 Å². The predicted octanol–water partition coefficient (Wildman–Crippen LogP) is 6.02. The molecule has 0 bridgehead atoms. The fourth-order valence-electron chi connectivity index (χ4n) is 4.39. The maximum Gasteiger partial charge on any atom is 0.227 e. The number of halogens is 2. The van der Waals surface area contributed by atoms with Gasteiger partial charge < -0.3 is 5.32 Å². The number of thioether (sulfide) groups is 1. The van der Waals surface area contributed by atoms with E-state index in [2.05, 4.69) is 24.1 Å². The average Bonchev–Trinajstić information content (AvgIpc) is 3.13. The highest BCUT2D eigenvalue weighted by Gasteiger charge is 2.41. The molecule has 164 valence electrons. The Bertz CT molecular complexity index is 1250. The van der Waals surface area contributed by atoms with Crippen molar-refractivity contribution in [3.05, 3.63) is 81.8 Å². The molecular formula is C24H22ClFN4OS. The van der Waals surface area contributed by atoms with Crippen LogP contribution in [0.2, 0.25) is 5.02 Å². The second-order valence-corrected chi connectivity index (χ2v) is 10.3. The molecule has 5 nitrogen and oxygen atoms in total. The normalized spacial score (nSPS) is 19.4. The summed E-state index contributed by atoms with van der Waals surface area (Å²) in [6, 6.07) is 13.5. The number of carbonyl (C=O) groups is 1. The van der Waals surface area contributed by atoms with Crippen molar-refractivity contribution in [2.45, 2.75) is 43.6 Å². The SMILES string of the molecule is CC1(C)CC(=O)C2=C(C1)Nc1nc(SCc3ccccc3Cl)nn1C2c1cccc(F)c1. The van der Waals surface area contributed by atoms with E-state index in [1.807, 2.05) is 30.3 Å². The van der Waals surface area contributed by atoms with Gasteiger partial charge in [0, 0.05) is 28.5 Å². The van der Waals surface area contributed by atoms with Crippen molar-refractivity contribution in [3.63, 3.8) is 0 Å². The van der Waals surface area contributed by atoms with Gasteiger partial charge in [0.2, 0.25) is 11.1 Å². The van der Waals surface area contributed by atoms with E-state index in [0.29, 0.717) is 39.4 Å². The molecule has 1 aromatic heterocycles. The van der Waals surface area contributed by atoms with Crippen molar-refractivity contribution >= 4 is 35.1 Å². The number of nitrogens with zero attached hydrogens (tertiary/aromatic N) is 3. The molecule has 0 amide bonds. The molecule has 1 aliphatic heterocycles. The van der Waals surface area contributed by atoms with Gasteiger partial charge in [-0.25, -0.2) is 9.07 Å². The molecule has 1 unspecified atom stereocenters. The topological polar surface area (TPSA) is 59.8 Å². The highest BCUT2D eigenvalue weighted by molar-refractivity contribution is 7.98. The Kier molecular flexibility index (Phi) is 5.34. The lowest BCUT2D eigenvalue weighted by Crippen LogP contribution is -2.36. The smallest absolute Gasteiger partial charge is 0.227 e. The molecular weight excluding hydrogens is 447 g/mol. The summed E-state index contributed by atoms with van der Waals surface area (Å²) < 4.78 is 15.8. The Morgan fingerprint density at radius 1 is 1.22 bits per heavy atom. The first-order valence-corrected chi connectivity index (χ1v) is 11.8. The standard InChI is InChI=1S/C24H22ClFN4OS/c1-24(2)11-18-20(19(31)12-24)21(14-7-5-8-16(26)10-14)30-22(27-18)28-23(29-30)32-13-15-6-3-4-9-17(15)25/h3-10,21H,11-13H2,1-2H3,(H,27,28,29). The van der Waals surface area contributed by atoms with Crippen LogP contribution in [-0.4, -0.2) is 20.5 Å². The number of nitrogens with one attached hydrogen (secondary N) is 1. The van der Waals surface area contributed by atoms with Crippen LogP contribution in [-0.2, 0) is 10.5 Å². The number of hydrogen-bond acceptors (Lipinski definition) is 5. The minimum Gasteiger partial charge on any atom is -0.328 e. The van der Waals surface area contributed by atoms with Gasteiger partial charge in [-0.2, -0.15) is 4.98 Å². The largest absolute Gasteiger partial charge is 0.328 e. The van der Waals surface area contributed by atoms with Gasteiger partial charge in [-0.1, -0.05) is 67.5 Å². The number of fused-ring (bicyclic) bond motifs is 1. The zero-order valence-electron chi connectivity index (χ0n) is 17.7. The van der Waals surface area contributed by atoms with Crippen LogP contribution in [0.25, 0.3) is 0 Å². The third-order valence-electron chi connectivity index (χ3n) is 5.79. The van der Waals surface area contributed by atoms with Gasteiger partial charge in [0.05, 0.1) is 0 Å². The number of carbonyl (C=O) groups excluding carboxylic acids is 1. The maximum atomic E-state index is 14.1. The van der Waals surface area contributed by atoms with E-state index in [9.17, 15) is 9.18 Å². The summed E-state index contributed by atoms with van der Waals surface area (Å²) >= 11 is 7.75. The fraction of sp³-hybridized carbons (Fsp3) is 0.292. The number of aromatic nitrogens is 3. The molecule has 0 saturated carbocycles. The van der Waals surface area contributed by atoms with Gasteiger partial charge in [-0.3, -0.25) is 4.79 Å². The highest BCUT2D eigenvalue weighted by Crippen LogP contribution is 2.45. The fourth-order valence-corrected chi connectivity index (χ4v) is 5.51. The van der Waals surface area contributed by atoms with E-state index in [1.165, 1.54) is 23.9 Å². The van der Waals surface area contributed by atoms with Crippen molar-refractivity contribution in [1.29, 1.82) is 0 Å². The minimum absolute atomic E-state index is 0.0597. The number of Topliss-reactive ketones (excluding diaryl/α,β-unsaturated/α-hetero) is 1. The van der Waals surface area contributed by atoms with E-state index < -0.39 is 6.04 Å². The van der Waals surface area contributed by atoms with Gasteiger partial charge in [0.25, 0.3) is 0 Å². The highest BCUT2D eigenvalue weighted by atomic mass is 35.5. The molecule has 32 heavy (non-hydrogen) atoms. The van der Waals surface area contributed by atoms with E-state index in [-0.39, 0.29) is 17.0 Å². The molecule has 1 aliphatic carbocycles. The third kappa shape index (κ3) is 3.95. The van der Waals surface area contributed by atoms with Crippen molar-refractivity contribution < 1.29 is 9.18 Å². The molecule has 2 aliphatic rings. The summed E-state index contributed by atoms with van der Waals surface area (Å²) in [6.07, 6.45) is 1.16. The van der Waals surface area contributed by atoms with Crippen LogP contribution >= 0.6 is 23.4 Å². The molecule has 2 aromatic carbocycles. The molecule has 1 N–H and O–H groups in total. The maximum absolute atomic E-state index is 14.1. The predicted molar refractivity (Wildman–Crippen MR) is 124 cm³/mol. The van der Waals surface area contributed by atoms with Crippen LogP contribution in [0, 0.1) is 11.2 Å². The van der Waals surface area contributed by atoms with Gasteiger partial charge in [0.1, 0.15) is 11.9 Å².